The minimum Gasteiger partial charge on any atom is -0.497 e. The van der Waals surface area contributed by atoms with Crippen LogP contribution in [0.4, 0.5) is 0 Å². The Bertz CT molecular complexity index is 1020. The third-order valence-corrected chi connectivity index (χ3v) is 4.82. The molecule has 2 aromatic carbocycles. The molecule has 0 saturated heterocycles. The number of fused-ring (bicyclic) bond motifs is 1. The molecule has 136 valence electrons. The largest absolute Gasteiger partial charge is 0.497 e. The molecule has 0 bridgehead atoms. The lowest BCUT2D eigenvalue weighted by molar-refractivity contribution is 0.415. The fourth-order valence-electron chi connectivity index (χ4n) is 3.37. The molecular weight excluding hydrogens is 324 g/mol. The maximum absolute atomic E-state index is 12.7. The topological polar surface area (TPSA) is 44.1 Å². The summed E-state index contributed by atoms with van der Waals surface area (Å²) in [6, 6.07) is 12.2. The van der Waals surface area contributed by atoms with Crippen molar-refractivity contribution in [3.8, 4) is 17.0 Å². The van der Waals surface area contributed by atoms with Crippen LogP contribution in [0.2, 0.25) is 0 Å². The van der Waals surface area contributed by atoms with Gasteiger partial charge in [0.25, 0.3) is 0 Å². The number of rotatable bonds is 4. The standard InChI is InChI=1S/C22H26N2O2/c1-13(2)16-7-9-18(15(5)11-16)21-19-12-17(26-6)8-10-20(19)24(14(3)4)22(25)23-21/h7-14H,1-6H3. The highest BCUT2D eigenvalue weighted by Gasteiger charge is 2.16. The van der Waals surface area contributed by atoms with Crippen LogP contribution >= 0.6 is 0 Å². The molecule has 1 aromatic heterocycles. The average molecular weight is 350 g/mol. The predicted octanol–water partition coefficient (Wildman–Crippen LogP) is 5.08. The Morgan fingerprint density at radius 3 is 2.35 bits per heavy atom. The van der Waals surface area contributed by atoms with Gasteiger partial charge in [-0.15, -0.1) is 0 Å². The van der Waals surface area contributed by atoms with Gasteiger partial charge in [0.2, 0.25) is 0 Å². The number of methoxy groups -OCH3 is 1. The second kappa shape index (κ2) is 6.94. The van der Waals surface area contributed by atoms with E-state index < -0.39 is 0 Å². The third-order valence-electron chi connectivity index (χ3n) is 4.82. The molecule has 0 amide bonds. The summed E-state index contributed by atoms with van der Waals surface area (Å²) in [5, 5.41) is 0.929. The molecule has 1 heterocycles. The van der Waals surface area contributed by atoms with Crippen molar-refractivity contribution < 1.29 is 4.74 Å². The van der Waals surface area contributed by atoms with Crippen molar-refractivity contribution in [1.82, 2.24) is 9.55 Å². The van der Waals surface area contributed by atoms with E-state index in [2.05, 4.69) is 44.0 Å². The number of benzene rings is 2. The molecule has 26 heavy (non-hydrogen) atoms. The van der Waals surface area contributed by atoms with Crippen LogP contribution in [0, 0.1) is 6.92 Å². The highest BCUT2D eigenvalue weighted by Crippen LogP contribution is 2.32. The van der Waals surface area contributed by atoms with Gasteiger partial charge in [0.15, 0.2) is 0 Å². The highest BCUT2D eigenvalue weighted by atomic mass is 16.5. The lowest BCUT2D eigenvalue weighted by Gasteiger charge is -2.17. The number of aromatic nitrogens is 2. The van der Waals surface area contributed by atoms with E-state index in [4.69, 9.17) is 4.74 Å². The Balaban J connectivity index is 2.36. The fourth-order valence-corrected chi connectivity index (χ4v) is 3.37. The van der Waals surface area contributed by atoms with E-state index in [0.29, 0.717) is 11.6 Å². The zero-order valence-corrected chi connectivity index (χ0v) is 16.3. The summed E-state index contributed by atoms with van der Waals surface area (Å²) in [6.07, 6.45) is 0. The van der Waals surface area contributed by atoms with Crippen molar-refractivity contribution in [1.29, 1.82) is 0 Å². The Morgan fingerprint density at radius 2 is 1.77 bits per heavy atom. The Kier molecular flexibility index (Phi) is 4.86. The Hall–Kier alpha value is -2.62. The van der Waals surface area contributed by atoms with Crippen molar-refractivity contribution in [3.63, 3.8) is 0 Å². The fraction of sp³-hybridized carbons (Fsp3) is 0.364. The van der Waals surface area contributed by atoms with Gasteiger partial charge < -0.3 is 4.74 Å². The van der Waals surface area contributed by atoms with E-state index in [1.54, 1.807) is 11.7 Å². The highest BCUT2D eigenvalue weighted by molar-refractivity contribution is 5.94. The first-order valence-electron chi connectivity index (χ1n) is 9.04. The van der Waals surface area contributed by atoms with Crippen LogP contribution in [-0.4, -0.2) is 16.7 Å². The summed E-state index contributed by atoms with van der Waals surface area (Å²) in [4.78, 5) is 17.2. The summed E-state index contributed by atoms with van der Waals surface area (Å²) in [6.45, 7) is 10.4. The molecule has 0 unspecified atom stereocenters. The zero-order chi connectivity index (χ0) is 19.0. The molecular formula is C22H26N2O2. The molecule has 0 spiro atoms. The molecule has 0 aliphatic carbocycles. The first kappa shape index (κ1) is 18.2. The summed E-state index contributed by atoms with van der Waals surface area (Å²) in [7, 11) is 1.65. The first-order valence-corrected chi connectivity index (χ1v) is 9.04. The summed E-state index contributed by atoms with van der Waals surface area (Å²) in [5.41, 5.74) is 4.76. The molecule has 4 heteroatoms. The number of hydrogen-bond donors (Lipinski definition) is 0. The van der Waals surface area contributed by atoms with Crippen molar-refractivity contribution in [2.45, 2.75) is 46.6 Å². The van der Waals surface area contributed by atoms with E-state index in [0.717, 1.165) is 27.8 Å². The van der Waals surface area contributed by atoms with E-state index >= 15 is 0 Å². The molecule has 3 aromatic rings. The molecule has 3 rings (SSSR count). The van der Waals surface area contributed by atoms with E-state index in [-0.39, 0.29) is 11.7 Å². The Labute approximate surface area is 154 Å². The van der Waals surface area contributed by atoms with E-state index in [9.17, 15) is 4.79 Å². The third kappa shape index (κ3) is 3.12. The quantitative estimate of drug-likeness (QED) is 0.659. The van der Waals surface area contributed by atoms with E-state index in [1.165, 1.54) is 5.56 Å². The van der Waals surface area contributed by atoms with Gasteiger partial charge in [-0.2, -0.15) is 4.98 Å². The molecule has 0 aliphatic heterocycles. The maximum Gasteiger partial charge on any atom is 0.348 e. The SMILES string of the molecule is COc1ccc2c(c1)c(-c1ccc(C(C)C)cc1C)nc(=O)n2C(C)C. The minimum atomic E-state index is -0.222. The van der Waals surface area contributed by atoms with Crippen LogP contribution in [-0.2, 0) is 0 Å². The molecule has 0 fully saturated rings. The number of hydrogen-bond acceptors (Lipinski definition) is 3. The second-order valence-electron chi connectivity index (χ2n) is 7.32. The Morgan fingerprint density at radius 1 is 1.04 bits per heavy atom. The summed E-state index contributed by atoms with van der Waals surface area (Å²) < 4.78 is 7.14. The molecule has 0 aliphatic rings. The van der Waals surface area contributed by atoms with Gasteiger partial charge in [-0.1, -0.05) is 32.0 Å². The summed E-state index contributed by atoms with van der Waals surface area (Å²) >= 11 is 0. The summed E-state index contributed by atoms with van der Waals surface area (Å²) in [5.74, 6) is 1.22. The zero-order valence-electron chi connectivity index (χ0n) is 16.3. The number of ether oxygens (including phenoxy) is 1. The van der Waals surface area contributed by atoms with Crippen molar-refractivity contribution in [3.05, 3.63) is 58.0 Å². The molecule has 0 atom stereocenters. The maximum atomic E-state index is 12.7. The van der Waals surface area contributed by atoms with Crippen LogP contribution in [0.15, 0.2) is 41.2 Å². The first-order chi connectivity index (χ1) is 12.3. The monoisotopic (exact) mass is 350 g/mol. The normalized spacial score (nSPS) is 11.5. The van der Waals surface area contributed by atoms with Crippen LogP contribution in [0.1, 0.15) is 50.8 Å². The van der Waals surface area contributed by atoms with Crippen LogP contribution in [0.25, 0.3) is 22.2 Å². The van der Waals surface area contributed by atoms with Crippen LogP contribution < -0.4 is 10.4 Å². The molecule has 0 radical (unpaired) electrons. The predicted molar refractivity (Wildman–Crippen MR) is 107 cm³/mol. The second-order valence-corrected chi connectivity index (χ2v) is 7.32. The van der Waals surface area contributed by atoms with Crippen LogP contribution in [0.3, 0.4) is 0 Å². The smallest absolute Gasteiger partial charge is 0.348 e. The molecule has 0 saturated carbocycles. The minimum absolute atomic E-state index is 0.0318. The van der Waals surface area contributed by atoms with Gasteiger partial charge in [0.05, 0.1) is 18.3 Å². The van der Waals surface area contributed by atoms with E-state index in [1.807, 2.05) is 32.0 Å². The number of aryl methyl sites for hydroxylation is 1. The van der Waals surface area contributed by atoms with Gasteiger partial charge in [0.1, 0.15) is 5.75 Å². The van der Waals surface area contributed by atoms with Gasteiger partial charge in [-0.3, -0.25) is 4.57 Å². The molecule has 0 N–H and O–H groups in total. The van der Waals surface area contributed by atoms with Crippen molar-refractivity contribution >= 4 is 10.9 Å². The van der Waals surface area contributed by atoms with Gasteiger partial charge >= 0.3 is 5.69 Å². The van der Waals surface area contributed by atoms with Gasteiger partial charge in [-0.05, 0) is 56.0 Å². The average Bonchev–Trinajstić information content (AvgIpc) is 2.60. The van der Waals surface area contributed by atoms with Gasteiger partial charge in [-0.25, -0.2) is 4.79 Å². The lowest BCUT2D eigenvalue weighted by atomic mass is 9.95. The van der Waals surface area contributed by atoms with Crippen LogP contribution in [0.5, 0.6) is 5.75 Å². The van der Waals surface area contributed by atoms with Crippen molar-refractivity contribution in [2.24, 2.45) is 0 Å². The number of nitrogens with zero attached hydrogens (tertiary/aromatic N) is 2. The molecule has 4 nitrogen and oxygen atoms in total. The van der Waals surface area contributed by atoms with Gasteiger partial charge in [0, 0.05) is 17.0 Å². The lowest BCUT2D eigenvalue weighted by Crippen LogP contribution is -2.25. The van der Waals surface area contributed by atoms with Crippen molar-refractivity contribution in [2.75, 3.05) is 7.11 Å².